The van der Waals surface area contributed by atoms with Gasteiger partial charge in [-0.15, -0.1) is 0 Å². The van der Waals surface area contributed by atoms with Crippen molar-refractivity contribution < 1.29 is 9.72 Å². The number of aromatic nitrogens is 1. The lowest BCUT2D eigenvalue weighted by atomic mass is 10.1. The summed E-state index contributed by atoms with van der Waals surface area (Å²) in [5.74, 6) is -0.536. The number of non-ortho nitro benzene ring substituents is 1. The summed E-state index contributed by atoms with van der Waals surface area (Å²) in [6.07, 6.45) is 1.23. The van der Waals surface area contributed by atoms with Crippen LogP contribution in [0.1, 0.15) is 19.8 Å². The van der Waals surface area contributed by atoms with Crippen molar-refractivity contribution >= 4 is 28.2 Å². The third kappa shape index (κ3) is 3.31. The molecule has 8 nitrogen and oxygen atoms in total. The Morgan fingerprint density at radius 2 is 2.13 bits per heavy atom. The van der Waals surface area contributed by atoms with Crippen molar-refractivity contribution in [1.82, 2.24) is 4.57 Å². The fraction of sp³-hybridized carbons (Fsp3) is 0.333. The summed E-state index contributed by atoms with van der Waals surface area (Å²) >= 11 is 0. The molecule has 3 N–H and O–H groups in total. The zero-order valence-electron chi connectivity index (χ0n) is 12.9. The van der Waals surface area contributed by atoms with Gasteiger partial charge in [-0.1, -0.05) is 13.3 Å². The summed E-state index contributed by atoms with van der Waals surface area (Å²) in [5, 5.41) is 14.4. The highest BCUT2D eigenvalue weighted by Gasteiger charge is 2.18. The number of aryl methyl sites for hydroxylation is 1. The van der Waals surface area contributed by atoms with E-state index in [-0.39, 0.29) is 11.2 Å². The number of hydrogen-bond acceptors (Lipinski definition) is 5. The van der Waals surface area contributed by atoms with Crippen molar-refractivity contribution in [2.45, 2.75) is 25.8 Å². The number of nitro groups is 1. The van der Waals surface area contributed by atoms with Gasteiger partial charge in [0.25, 0.3) is 11.2 Å². The molecule has 122 valence electrons. The molecule has 8 heteroatoms. The van der Waals surface area contributed by atoms with E-state index in [4.69, 9.17) is 5.73 Å². The molecule has 1 aromatic carbocycles. The van der Waals surface area contributed by atoms with Gasteiger partial charge in [0, 0.05) is 36.3 Å². The van der Waals surface area contributed by atoms with E-state index in [1.165, 1.54) is 28.8 Å². The average molecular weight is 318 g/mol. The highest BCUT2D eigenvalue weighted by atomic mass is 16.6. The van der Waals surface area contributed by atoms with Gasteiger partial charge in [0.05, 0.1) is 10.4 Å². The fourth-order valence-corrected chi connectivity index (χ4v) is 2.44. The summed E-state index contributed by atoms with van der Waals surface area (Å²) in [5.41, 5.74) is 5.89. The first kappa shape index (κ1) is 16.5. The maximum absolute atomic E-state index is 12.1. The Kier molecular flexibility index (Phi) is 4.63. The standard InChI is InChI=1S/C15H18N4O4/c1-3-4-11(15(16)21)17-12-8-14(20)18(2)13-6-5-9(19(22)23)7-10(12)13/h5-8,11,17H,3-4H2,1-2H3,(H2,16,21). The number of carbonyl (C=O) groups is 1. The zero-order valence-corrected chi connectivity index (χ0v) is 12.9. The van der Waals surface area contributed by atoms with Gasteiger partial charge >= 0.3 is 0 Å². The maximum atomic E-state index is 12.1. The normalized spacial score (nSPS) is 12.1. The van der Waals surface area contributed by atoms with Crippen LogP contribution < -0.4 is 16.6 Å². The van der Waals surface area contributed by atoms with Crippen LogP contribution in [0.4, 0.5) is 11.4 Å². The van der Waals surface area contributed by atoms with Gasteiger partial charge in [-0.3, -0.25) is 19.7 Å². The molecule has 1 atom stereocenters. The SMILES string of the molecule is CCCC(Nc1cc(=O)n(C)c2ccc([N+](=O)[O-])cc12)C(N)=O. The molecular weight excluding hydrogens is 300 g/mol. The highest BCUT2D eigenvalue weighted by Crippen LogP contribution is 2.26. The number of nitrogens with two attached hydrogens (primary N) is 1. The van der Waals surface area contributed by atoms with Crippen molar-refractivity contribution in [3.63, 3.8) is 0 Å². The van der Waals surface area contributed by atoms with Crippen LogP contribution in [0.15, 0.2) is 29.1 Å². The molecule has 0 bridgehead atoms. The third-order valence-electron chi connectivity index (χ3n) is 3.69. The van der Waals surface area contributed by atoms with E-state index in [0.717, 1.165) is 6.42 Å². The van der Waals surface area contributed by atoms with E-state index in [2.05, 4.69) is 5.32 Å². The number of benzene rings is 1. The molecular formula is C15H18N4O4. The van der Waals surface area contributed by atoms with E-state index >= 15 is 0 Å². The molecule has 23 heavy (non-hydrogen) atoms. The van der Waals surface area contributed by atoms with Crippen LogP contribution in [-0.2, 0) is 11.8 Å². The zero-order chi connectivity index (χ0) is 17.1. The lowest BCUT2D eigenvalue weighted by Gasteiger charge is -2.18. The number of pyridine rings is 1. The smallest absolute Gasteiger partial charge is 0.270 e. The summed E-state index contributed by atoms with van der Waals surface area (Å²) in [6.45, 7) is 1.91. The summed E-state index contributed by atoms with van der Waals surface area (Å²) in [6, 6.07) is 4.90. The molecule has 0 spiro atoms. The molecule has 0 aliphatic heterocycles. The number of amides is 1. The minimum absolute atomic E-state index is 0.0923. The number of nitrogens with zero attached hydrogens (tertiary/aromatic N) is 2. The van der Waals surface area contributed by atoms with Crippen molar-refractivity contribution in [3.8, 4) is 0 Å². The number of anilines is 1. The van der Waals surface area contributed by atoms with Crippen LogP contribution >= 0.6 is 0 Å². The molecule has 0 fully saturated rings. The molecule has 1 amide bonds. The largest absolute Gasteiger partial charge is 0.373 e. The van der Waals surface area contributed by atoms with Gasteiger partial charge in [0.1, 0.15) is 6.04 Å². The van der Waals surface area contributed by atoms with Crippen LogP contribution in [0, 0.1) is 10.1 Å². The molecule has 2 aromatic rings. The lowest BCUT2D eigenvalue weighted by molar-refractivity contribution is -0.384. The molecule has 0 saturated carbocycles. The van der Waals surface area contributed by atoms with Crippen molar-refractivity contribution in [3.05, 3.63) is 44.7 Å². The van der Waals surface area contributed by atoms with Gasteiger partial charge in [0.2, 0.25) is 5.91 Å². The van der Waals surface area contributed by atoms with Crippen LogP contribution in [0.2, 0.25) is 0 Å². The van der Waals surface area contributed by atoms with Crippen LogP contribution in [0.3, 0.4) is 0 Å². The minimum Gasteiger partial charge on any atom is -0.373 e. The first-order valence-electron chi connectivity index (χ1n) is 7.19. The second-order valence-electron chi connectivity index (χ2n) is 5.30. The van der Waals surface area contributed by atoms with E-state index in [9.17, 15) is 19.7 Å². The maximum Gasteiger partial charge on any atom is 0.270 e. The van der Waals surface area contributed by atoms with E-state index in [1.54, 1.807) is 7.05 Å². The average Bonchev–Trinajstić information content (AvgIpc) is 2.51. The number of fused-ring (bicyclic) bond motifs is 1. The van der Waals surface area contributed by atoms with E-state index in [1.807, 2.05) is 6.92 Å². The van der Waals surface area contributed by atoms with Gasteiger partial charge in [0.15, 0.2) is 0 Å². The quantitative estimate of drug-likeness (QED) is 0.618. The molecule has 0 radical (unpaired) electrons. The fourth-order valence-electron chi connectivity index (χ4n) is 2.44. The van der Waals surface area contributed by atoms with Crippen molar-refractivity contribution in [2.24, 2.45) is 12.8 Å². The number of hydrogen-bond donors (Lipinski definition) is 2. The Bertz CT molecular complexity index is 828. The minimum atomic E-state index is -0.644. The van der Waals surface area contributed by atoms with Gasteiger partial charge in [-0.2, -0.15) is 0 Å². The number of nitro benzene ring substituents is 1. The molecule has 0 aliphatic rings. The topological polar surface area (TPSA) is 120 Å². The number of primary amides is 1. The Balaban J connectivity index is 2.63. The predicted molar refractivity (Wildman–Crippen MR) is 87.4 cm³/mol. The third-order valence-corrected chi connectivity index (χ3v) is 3.69. The molecule has 1 unspecified atom stereocenters. The Morgan fingerprint density at radius 3 is 2.70 bits per heavy atom. The molecule has 0 aliphatic carbocycles. The Hall–Kier alpha value is -2.90. The van der Waals surface area contributed by atoms with Gasteiger partial charge in [-0.05, 0) is 12.5 Å². The van der Waals surface area contributed by atoms with Crippen LogP contribution in [0.5, 0.6) is 0 Å². The molecule has 1 heterocycles. The van der Waals surface area contributed by atoms with Crippen molar-refractivity contribution in [1.29, 1.82) is 0 Å². The lowest BCUT2D eigenvalue weighted by Crippen LogP contribution is -2.35. The summed E-state index contributed by atoms with van der Waals surface area (Å²) in [7, 11) is 1.58. The summed E-state index contributed by atoms with van der Waals surface area (Å²) in [4.78, 5) is 34.1. The first-order valence-corrected chi connectivity index (χ1v) is 7.19. The first-order chi connectivity index (χ1) is 10.8. The monoisotopic (exact) mass is 318 g/mol. The van der Waals surface area contributed by atoms with Gasteiger partial charge < -0.3 is 15.6 Å². The number of rotatable bonds is 6. The van der Waals surface area contributed by atoms with Gasteiger partial charge in [-0.25, -0.2) is 0 Å². The number of nitrogens with one attached hydrogen (secondary N) is 1. The highest BCUT2D eigenvalue weighted by molar-refractivity contribution is 5.95. The van der Waals surface area contributed by atoms with Crippen LogP contribution in [0.25, 0.3) is 10.9 Å². The molecule has 2 rings (SSSR count). The van der Waals surface area contributed by atoms with Crippen molar-refractivity contribution in [2.75, 3.05) is 5.32 Å². The summed E-state index contributed by atoms with van der Waals surface area (Å²) < 4.78 is 1.39. The van der Waals surface area contributed by atoms with E-state index < -0.39 is 16.9 Å². The second kappa shape index (κ2) is 6.47. The molecule has 1 aromatic heterocycles. The predicted octanol–water partition coefficient (Wildman–Crippen LogP) is 1.51. The Morgan fingerprint density at radius 1 is 1.43 bits per heavy atom. The molecule has 0 saturated heterocycles. The Labute approximate surface area is 132 Å². The number of carbonyl (C=O) groups excluding carboxylic acids is 1. The van der Waals surface area contributed by atoms with Crippen LogP contribution in [-0.4, -0.2) is 21.4 Å². The second-order valence-corrected chi connectivity index (χ2v) is 5.30. The van der Waals surface area contributed by atoms with E-state index in [0.29, 0.717) is 23.0 Å².